The highest BCUT2D eigenvalue weighted by atomic mass is 16.2. The maximum Gasteiger partial charge on any atom is 0.228 e. The molecule has 26 heavy (non-hydrogen) atoms. The van der Waals surface area contributed by atoms with E-state index in [0.29, 0.717) is 38.5 Å². The van der Waals surface area contributed by atoms with E-state index < -0.39 is 0 Å². The number of piperazine rings is 1. The van der Waals surface area contributed by atoms with Crippen LogP contribution < -0.4 is 0 Å². The standard InChI is InChI=1S/C21H23N3O2/c25-20(14-17-8-4-5-9-22-17)23-10-12-24(13-11-23)21(26)19-15-18(19)16-6-2-1-3-7-16/h1-9,18-19H,10-15H2/t18-,19+/m0/s1. The fourth-order valence-corrected chi connectivity index (χ4v) is 3.72. The average Bonchev–Trinajstić information content (AvgIpc) is 3.50. The van der Waals surface area contributed by atoms with E-state index in [4.69, 9.17) is 0 Å². The number of hydrogen-bond donors (Lipinski definition) is 0. The lowest BCUT2D eigenvalue weighted by molar-refractivity contribution is -0.140. The Morgan fingerprint density at radius 3 is 2.31 bits per heavy atom. The summed E-state index contributed by atoms with van der Waals surface area (Å²) >= 11 is 0. The quantitative estimate of drug-likeness (QED) is 0.849. The van der Waals surface area contributed by atoms with Gasteiger partial charge in [-0.05, 0) is 30.0 Å². The van der Waals surface area contributed by atoms with Crippen molar-refractivity contribution < 1.29 is 9.59 Å². The molecule has 5 nitrogen and oxygen atoms in total. The second-order valence-corrected chi connectivity index (χ2v) is 7.06. The minimum Gasteiger partial charge on any atom is -0.339 e. The van der Waals surface area contributed by atoms with E-state index in [1.165, 1.54) is 5.56 Å². The molecule has 2 aromatic rings. The second-order valence-electron chi connectivity index (χ2n) is 7.06. The number of amides is 2. The molecular formula is C21H23N3O2. The zero-order valence-corrected chi connectivity index (χ0v) is 14.8. The van der Waals surface area contributed by atoms with Crippen LogP contribution in [0.4, 0.5) is 0 Å². The molecule has 2 heterocycles. The molecule has 4 rings (SSSR count). The molecule has 0 bridgehead atoms. The van der Waals surface area contributed by atoms with E-state index >= 15 is 0 Å². The van der Waals surface area contributed by atoms with Gasteiger partial charge >= 0.3 is 0 Å². The normalized spacial score (nSPS) is 22.2. The first-order chi connectivity index (χ1) is 12.7. The monoisotopic (exact) mass is 349 g/mol. The SMILES string of the molecule is O=C(Cc1ccccn1)N1CCN(C(=O)[C@@H]2C[C@H]2c2ccccc2)CC1. The minimum absolute atomic E-state index is 0.0874. The summed E-state index contributed by atoms with van der Waals surface area (Å²) in [5.41, 5.74) is 2.05. The van der Waals surface area contributed by atoms with E-state index in [0.717, 1.165) is 12.1 Å². The molecule has 0 radical (unpaired) electrons. The molecule has 1 aliphatic heterocycles. The number of rotatable bonds is 4. The van der Waals surface area contributed by atoms with Crippen LogP contribution in [0.2, 0.25) is 0 Å². The van der Waals surface area contributed by atoms with Crippen LogP contribution in [0.15, 0.2) is 54.7 Å². The number of nitrogens with zero attached hydrogens (tertiary/aromatic N) is 3. The molecule has 1 aromatic carbocycles. The number of carbonyl (C=O) groups is 2. The molecule has 0 spiro atoms. The molecule has 1 saturated heterocycles. The highest BCUT2D eigenvalue weighted by Crippen LogP contribution is 2.48. The van der Waals surface area contributed by atoms with Gasteiger partial charge in [0.25, 0.3) is 0 Å². The first-order valence-electron chi connectivity index (χ1n) is 9.24. The smallest absolute Gasteiger partial charge is 0.228 e. The first-order valence-corrected chi connectivity index (χ1v) is 9.24. The molecule has 2 atom stereocenters. The van der Waals surface area contributed by atoms with Crippen LogP contribution >= 0.6 is 0 Å². The highest BCUT2D eigenvalue weighted by molar-refractivity contribution is 5.84. The van der Waals surface area contributed by atoms with Crippen LogP contribution in [0.25, 0.3) is 0 Å². The van der Waals surface area contributed by atoms with Crippen LogP contribution in [0.3, 0.4) is 0 Å². The van der Waals surface area contributed by atoms with Crippen molar-refractivity contribution in [2.45, 2.75) is 18.8 Å². The average molecular weight is 349 g/mol. The van der Waals surface area contributed by atoms with Crippen LogP contribution in [0, 0.1) is 5.92 Å². The fraction of sp³-hybridized carbons (Fsp3) is 0.381. The number of pyridine rings is 1. The number of aromatic nitrogens is 1. The predicted octanol–water partition coefficient (Wildman–Crippen LogP) is 2.10. The summed E-state index contributed by atoms with van der Waals surface area (Å²) in [6, 6.07) is 15.9. The molecular weight excluding hydrogens is 326 g/mol. The molecule has 1 aromatic heterocycles. The summed E-state index contributed by atoms with van der Waals surface area (Å²) in [6.45, 7) is 2.48. The van der Waals surface area contributed by atoms with Crippen molar-refractivity contribution >= 4 is 11.8 Å². The molecule has 1 saturated carbocycles. The number of carbonyl (C=O) groups excluding carboxylic acids is 2. The molecule has 2 fully saturated rings. The minimum atomic E-state index is 0.0874. The lowest BCUT2D eigenvalue weighted by Crippen LogP contribution is -2.51. The van der Waals surface area contributed by atoms with Crippen LogP contribution in [0.1, 0.15) is 23.6 Å². The van der Waals surface area contributed by atoms with E-state index in [1.54, 1.807) is 6.20 Å². The third-order valence-corrected chi connectivity index (χ3v) is 5.34. The summed E-state index contributed by atoms with van der Waals surface area (Å²) in [5.74, 6) is 0.820. The van der Waals surface area contributed by atoms with Crippen LogP contribution in [-0.2, 0) is 16.0 Å². The van der Waals surface area contributed by atoms with Gasteiger partial charge in [-0.3, -0.25) is 14.6 Å². The molecule has 2 amide bonds. The molecule has 2 aliphatic rings. The van der Waals surface area contributed by atoms with Crippen molar-refractivity contribution in [3.8, 4) is 0 Å². The molecule has 0 N–H and O–H groups in total. The highest BCUT2D eigenvalue weighted by Gasteiger charge is 2.46. The van der Waals surface area contributed by atoms with Gasteiger partial charge in [-0.25, -0.2) is 0 Å². The third kappa shape index (κ3) is 3.62. The van der Waals surface area contributed by atoms with Crippen LogP contribution in [0.5, 0.6) is 0 Å². The van der Waals surface area contributed by atoms with Gasteiger partial charge in [0.15, 0.2) is 0 Å². The zero-order chi connectivity index (χ0) is 17.9. The summed E-state index contributed by atoms with van der Waals surface area (Å²) in [6.07, 6.45) is 2.98. The van der Waals surface area contributed by atoms with Gasteiger partial charge in [-0.2, -0.15) is 0 Å². The first kappa shape index (κ1) is 16.8. The van der Waals surface area contributed by atoms with Gasteiger partial charge in [0.05, 0.1) is 6.42 Å². The maximum atomic E-state index is 12.7. The Labute approximate surface area is 153 Å². The van der Waals surface area contributed by atoms with Gasteiger partial charge in [0, 0.05) is 44.0 Å². The molecule has 5 heteroatoms. The summed E-state index contributed by atoms with van der Waals surface area (Å²) < 4.78 is 0. The lowest BCUT2D eigenvalue weighted by Gasteiger charge is -2.35. The zero-order valence-electron chi connectivity index (χ0n) is 14.8. The van der Waals surface area contributed by atoms with E-state index in [-0.39, 0.29) is 17.7 Å². The van der Waals surface area contributed by atoms with Gasteiger partial charge in [-0.1, -0.05) is 36.4 Å². The molecule has 0 unspecified atom stereocenters. The largest absolute Gasteiger partial charge is 0.339 e. The molecule has 134 valence electrons. The van der Waals surface area contributed by atoms with E-state index in [2.05, 4.69) is 17.1 Å². The Bertz CT molecular complexity index is 770. The number of benzene rings is 1. The van der Waals surface area contributed by atoms with E-state index in [1.807, 2.05) is 46.2 Å². The lowest BCUT2D eigenvalue weighted by atomic mass is 10.1. The van der Waals surface area contributed by atoms with Crippen molar-refractivity contribution in [3.05, 3.63) is 66.0 Å². The van der Waals surface area contributed by atoms with Crippen LogP contribution in [-0.4, -0.2) is 52.8 Å². The third-order valence-electron chi connectivity index (χ3n) is 5.34. The van der Waals surface area contributed by atoms with Crippen molar-refractivity contribution in [1.82, 2.24) is 14.8 Å². The Morgan fingerprint density at radius 2 is 1.62 bits per heavy atom. The Morgan fingerprint density at radius 1 is 0.923 bits per heavy atom. The molecule has 1 aliphatic carbocycles. The van der Waals surface area contributed by atoms with Gasteiger partial charge in [0.1, 0.15) is 0 Å². The second kappa shape index (κ2) is 7.28. The van der Waals surface area contributed by atoms with Gasteiger partial charge in [-0.15, -0.1) is 0 Å². The van der Waals surface area contributed by atoms with E-state index in [9.17, 15) is 9.59 Å². The fourth-order valence-electron chi connectivity index (χ4n) is 3.72. The van der Waals surface area contributed by atoms with Crippen molar-refractivity contribution in [2.24, 2.45) is 5.92 Å². The van der Waals surface area contributed by atoms with Crippen molar-refractivity contribution in [2.75, 3.05) is 26.2 Å². The summed E-state index contributed by atoms with van der Waals surface area (Å²) in [7, 11) is 0. The van der Waals surface area contributed by atoms with Crippen molar-refractivity contribution in [1.29, 1.82) is 0 Å². The Hall–Kier alpha value is -2.69. The van der Waals surface area contributed by atoms with Crippen molar-refractivity contribution in [3.63, 3.8) is 0 Å². The van der Waals surface area contributed by atoms with Gasteiger partial charge in [0.2, 0.25) is 11.8 Å². The number of hydrogen-bond acceptors (Lipinski definition) is 3. The predicted molar refractivity (Wildman–Crippen MR) is 98.4 cm³/mol. The maximum absolute atomic E-state index is 12.7. The topological polar surface area (TPSA) is 53.5 Å². The van der Waals surface area contributed by atoms with Gasteiger partial charge < -0.3 is 9.80 Å². The Kier molecular flexibility index (Phi) is 4.69. The Balaban J connectivity index is 1.27. The summed E-state index contributed by atoms with van der Waals surface area (Å²) in [4.78, 5) is 33.1. The summed E-state index contributed by atoms with van der Waals surface area (Å²) in [5, 5.41) is 0.